The van der Waals surface area contributed by atoms with Crippen LogP contribution in [0, 0.1) is 0 Å². The summed E-state index contributed by atoms with van der Waals surface area (Å²) in [6.07, 6.45) is 2.28. The second kappa shape index (κ2) is 8.04. The Balaban J connectivity index is 1.41. The van der Waals surface area contributed by atoms with Gasteiger partial charge in [-0.3, -0.25) is 9.36 Å². The number of halogens is 1. The predicted octanol–water partition coefficient (Wildman–Crippen LogP) is 4.96. The standard InChI is InChI=1S/C19H19ClN4OS2/c1-12(13-4-2-5-14(20)10-13)21-17(25)11-27-19-23-22-18(16-6-3-9-26-16)24(19)15-7-8-15/h2-6,9-10,12,15H,7-8,11H2,1H3,(H,21,25)/t12-/m0/s1. The monoisotopic (exact) mass is 418 g/mol. The van der Waals surface area contributed by atoms with Crippen LogP contribution in [0.25, 0.3) is 10.7 Å². The number of nitrogens with one attached hydrogen (secondary N) is 1. The number of thiophene rings is 1. The van der Waals surface area contributed by atoms with Gasteiger partial charge >= 0.3 is 0 Å². The highest BCUT2D eigenvalue weighted by Crippen LogP contribution is 2.41. The highest BCUT2D eigenvalue weighted by Gasteiger charge is 2.30. The third kappa shape index (κ3) is 4.36. The van der Waals surface area contributed by atoms with Crippen molar-refractivity contribution in [1.82, 2.24) is 20.1 Å². The smallest absolute Gasteiger partial charge is 0.230 e. The van der Waals surface area contributed by atoms with Crippen LogP contribution >= 0.6 is 34.7 Å². The molecular formula is C19H19ClN4OS2. The maximum atomic E-state index is 12.4. The largest absolute Gasteiger partial charge is 0.349 e. The van der Waals surface area contributed by atoms with Gasteiger partial charge in [0, 0.05) is 11.1 Å². The molecule has 1 N–H and O–H groups in total. The fraction of sp³-hybridized carbons (Fsp3) is 0.316. The van der Waals surface area contributed by atoms with Crippen molar-refractivity contribution in [2.24, 2.45) is 0 Å². The molecule has 1 atom stereocenters. The van der Waals surface area contributed by atoms with Crippen LogP contribution in [-0.2, 0) is 4.79 Å². The molecule has 2 aromatic heterocycles. The summed E-state index contributed by atoms with van der Waals surface area (Å²) in [5.74, 6) is 1.18. The zero-order valence-electron chi connectivity index (χ0n) is 14.8. The quantitative estimate of drug-likeness (QED) is 0.550. The van der Waals surface area contributed by atoms with Crippen LogP contribution in [0.1, 0.15) is 37.4 Å². The fourth-order valence-corrected chi connectivity index (χ4v) is 4.60. The molecule has 0 saturated heterocycles. The number of rotatable bonds is 7. The third-order valence-corrected chi connectivity index (χ3v) is 6.42. The average Bonchev–Trinajstić information content (AvgIpc) is 3.18. The molecular weight excluding hydrogens is 400 g/mol. The van der Waals surface area contributed by atoms with E-state index in [1.54, 1.807) is 11.3 Å². The topological polar surface area (TPSA) is 59.8 Å². The molecule has 1 saturated carbocycles. The number of nitrogens with zero attached hydrogens (tertiary/aromatic N) is 3. The Bertz CT molecular complexity index is 937. The van der Waals surface area contributed by atoms with Crippen molar-refractivity contribution >= 4 is 40.6 Å². The third-order valence-electron chi connectivity index (χ3n) is 4.38. The molecule has 2 heterocycles. The number of carbonyl (C=O) groups excluding carboxylic acids is 1. The molecule has 1 amide bonds. The Labute approximate surface area is 171 Å². The fourth-order valence-electron chi connectivity index (χ4n) is 2.88. The Hall–Kier alpha value is -1.83. The van der Waals surface area contributed by atoms with Crippen LogP contribution in [0.15, 0.2) is 46.9 Å². The average molecular weight is 419 g/mol. The molecule has 0 bridgehead atoms. The number of carbonyl (C=O) groups is 1. The minimum atomic E-state index is -0.0974. The molecule has 0 aliphatic heterocycles. The van der Waals surface area contributed by atoms with Gasteiger partial charge in [0.2, 0.25) is 5.91 Å². The molecule has 0 radical (unpaired) electrons. The normalized spacial score (nSPS) is 14.9. The molecule has 140 valence electrons. The van der Waals surface area contributed by atoms with Gasteiger partial charge in [-0.1, -0.05) is 41.6 Å². The van der Waals surface area contributed by atoms with Crippen molar-refractivity contribution in [3.05, 3.63) is 52.4 Å². The van der Waals surface area contributed by atoms with E-state index in [0.29, 0.717) is 16.8 Å². The van der Waals surface area contributed by atoms with Crippen LogP contribution in [0.5, 0.6) is 0 Å². The Kier molecular flexibility index (Phi) is 5.52. The number of amides is 1. The number of hydrogen-bond acceptors (Lipinski definition) is 5. The summed E-state index contributed by atoms with van der Waals surface area (Å²) >= 11 is 9.13. The van der Waals surface area contributed by atoms with Gasteiger partial charge in [-0.15, -0.1) is 21.5 Å². The van der Waals surface area contributed by atoms with E-state index < -0.39 is 0 Å². The van der Waals surface area contributed by atoms with Crippen molar-refractivity contribution in [2.75, 3.05) is 5.75 Å². The predicted molar refractivity (Wildman–Crippen MR) is 110 cm³/mol. The second-order valence-corrected chi connectivity index (χ2v) is 8.84. The van der Waals surface area contributed by atoms with Crippen molar-refractivity contribution in [3.8, 4) is 10.7 Å². The number of hydrogen-bond donors (Lipinski definition) is 1. The summed E-state index contributed by atoms with van der Waals surface area (Å²) in [6.45, 7) is 1.95. The molecule has 1 aromatic carbocycles. The van der Waals surface area contributed by atoms with Gasteiger partial charge in [0.25, 0.3) is 0 Å². The Morgan fingerprint density at radius 3 is 2.93 bits per heavy atom. The van der Waals surface area contributed by atoms with Crippen molar-refractivity contribution in [3.63, 3.8) is 0 Å². The summed E-state index contributed by atoms with van der Waals surface area (Å²) in [5.41, 5.74) is 0.988. The minimum absolute atomic E-state index is 0.0319. The van der Waals surface area contributed by atoms with Crippen LogP contribution in [0.3, 0.4) is 0 Å². The van der Waals surface area contributed by atoms with Crippen LogP contribution in [0.2, 0.25) is 5.02 Å². The summed E-state index contributed by atoms with van der Waals surface area (Å²) in [4.78, 5) is 13.5. The van der Waals surface area contributed by atoms with Crippen LogP contribution in [0.4, 0.5) is 0 Å². The lowest BCUT2D eigenvalue weighted by atomic mass is 10.1. The molecule has 27 heavy (non-hydrogen) atoms. The van der Waals surface area contributed by atoms with Crippen molar-refractivity contribution in [2.45, 2.75) is 37.0 Å². The van der Waals surface area contributed by atoms with Gasteiger partial charge < -0.3 is 5.32 Å². The van der Waals surface area contributed by atoms with Crippen molar-refractivity contribution < 1.29 is 4.79 Å². The van der Waals surface area contributed by atoms with E-state index in [4.69, 9.17) is 11.6 Å². The highest BCUT2D eigenvalue weighted by atomic mass is 35.5. The molecule has 3 aromatic rings. The Morgan fingerprint density at radius 2 is 2.22 bits per heavy atom. The van der Waals surface area contributed by atoms with E-state index in [-0.39, 0.29) is 11.9 Å². The zero-order valence-corrected chi connectivity index (χ0v) is 17.2. The first-order valence-corrected chi connectivity index (χ1v) is 11.0. The second-order valence-electron chi connectivity index (χ2n) is 6.52. The van der Waals surface area contributed by atoms with Gasteiger partial charge in [0.15, 0.2) is 11.0 Å². The van der Waals surface area contributed by atoms with Gasteiger partial charge in [0.05, 0.1) is 16.7 Å². The van der Waals surface area contributed by atoms with E-state index >= 15 is 0 Å². The lowest BCUT2D eigenvalue weighted by Gasteiger charge is -2.14. The van der Waals surface area contributed by atoms with Crippen molar-refractivity contribution in [1.29, 1.82) is 0 Å². The summed E-state index contributed by atoms with van der Waals surface area (Å²) in [7, 11) is 0. The zero-order chi connectivity index (χ0) is 18.8. The van der Waals surface area contributed by atoms with Gasteiger partial charge in [0.1, 0.15) is 0 Å². The molecule has 5 nitrogen and oxygen atoms in total. The molecule has 1 fully saturated rings. The van der Waals surface area contributed by atoms with E-state index in [2.05, 4.69) is 26.1 Å². The SMILES string of the molecule is C[C@H](NC(=O)CSc1nnc(-c2cccs2)n1C1CC1)c1cccc(Cl)c1. The van der Waals surface area contributed by atoms with E-state index in [1.165, 1.54) is 11.8 Å². The number of benzene rings is 1. The molecule has 0 spiro atoms. The maximum Gasteiger partial charge on any atom is 0.230 e. The lowest BCUT2D eigenvalue weighted by Crippen LogP contribution is -2.28. The molecule has 0 unspecified atom stereocenters. The first kappa shape index (κ1) is 18.5. The minimum Gasteiger partial charge on any atom is -0.349 e. The van der Waals surface area contributed by atoms with Crippen LogP contribution < -0.4 is 5.32 Å². The number of thioether (sulfide) groups is 1. The van der Waals surface area contributed by atoms with Gasteiger partial charge in [-0.2, -0.15) is 0 Å². The van der Waals surface area contributed by atoms with E-state index in [0.717, 1.165) is 34.3 Å². The molecule has 8 heteroatoms. The first-order valence-electron chi connectivity index (χ1n) is 8.78. The lowest BCUT2D eigenvalue weighted by molar-refractivity contribution is -0.119. The molecule has 1 aliphatic rings. The van der Waals surface area contributed by atoms with E-state index in [9.17, 15) is 4.79 Å². The summed E-state index contributed by atoms with van der Waals surface area (Å²) in [6, 6.07) is 12.0. The maximum absolute atomic E-state index is 12.4. The first-order chi connectivity index (χ1) is 13.1. The van der Waals surface area contributed by atoms with Crippen LogP contribution in [-0.4, -0.2) is 26.4 Å². The van der Waals surface area contributed by atoms with Gasteiger partial charge in [-0.25, -0.2) is 0 Å². The summed E-state index contributed by atoms with van der Waals surface area (Å²) < 4.78 is 2.18. The van der Waals surface area contributed by atoms with E-state index in [1.807, 2.05) is 42.6 Å². The Morgan fingerprint density at radius 1 is 1.37 bits per heavy atom. The highest BCUT2D eigenvalue weighted by molar-refractivity contribution is 7.99. The number of aromatic nitrogens is 3. The summed E-state index contributed by atoms with van der Waals surface area (Å²) in [5, 5.41) is 15.3. The molecule has 4 rings (SSSR count). The molecule has 1 aliphatic carbocycles. The van der Waals surface area contributed by atoms with Gasteiger partial charge in [-0.05, 0) is 48.9 Å².